The Hall–Kier alpha value is -1.22. The van der Waals surface area contributed by atoms with E-state index >= 15 is 0 Å². The number of benzene rings is 3. The summed E-state index contributed by atoms with van der Waals surface area (Å²) in [7, 11) is 0. The molecule has 0 nitrogen and oxygen atoms in total. The van der Waals surface area contributed by atoms with Gasteiger partial charge in [0.25, 0.3) is 0 Å². The molecule has 3 aromatic carbocycles. The zero-order valence-electron chi connectivity index (χ0n) is 9.77. The second-order valence-corrected chi connectivity index (χ2v) is 3.51. The molecule has 1 heteroatoms. The Labute approximate surface area is 103 Å². The van der Waals surface area contributed by atoms with E-state index < -0.39 is 0 Å². The summed E-state index contributed by atoms with van der Waals surface area (Å²) in [6.45, 7) is 0. The van der Waals surface area contributed by atoms with Crippen molar-refractivity contribution in [1.82, 2.24) is 0 Å². The number of hydrogen-bond acceptors (Lipinski definition) is 0. The van der Waals surface area contributed by atoms with E-state index in [9.17, 15) is 0 Å². The predicted molar refractivity (Wildman–Crippen MR) is 62.6 cm³/mol. The van der Waals surface area contributed by atoms with Crippen LogP contribution in [-0.4, -0.2) is 0 Å². The SMILES string of the molecule is [H-].[Li+].c1ccc2c(c1)ccc1ccccc12. The van der Waals surface area contributed by atoms with E-state index in [0.29, 0.717) is 0 Å². The Kier molecular flexibility index (Phi) is 2.82. The third-order valence-corrected chi connectivity index (χ3v) is 2.65. The van der Waals surface area contributed by atoms with E-state index in [1.165, 1.54) is 21.5 Å². The molecule has 3 rings (SSSR count). The second kappa shape index (κ2) is 4.11. The predicted octanol–water partition coefficient (Wildman–Crippen LogP) is 1.11. The number of fused-ring (bicyclic) bond motifs is 3. The maximum Gasteiger partial charge on any atom is 1.00 e. The van der Waals surface area contributed by atoms with Gasteiger partial charge in [0.05, 0.1) is 0 Å². The molecule has 0 amide bonds. The first-order valence-electron chi connectivity index (χ1n) is 4.82. The van der Waals surface area contributed by atoms with Crippen LogP contribution >= 0.6 is 0 Å². The molecule has 0 aromatic heterocycles. The summed E-state index contributed by atoms with van der Waals surface area (Å²) in [5, 5.41) is 5.30. The van der Waals surface area contributed by atoms with Crippen LogP contribution in [0.25, 0.3) is 21.5 Å². The average Bonchev–Trinajstić information content (AvgIpc) is 2.29. The number of rotatable bonds is 0. The molecule has 68 valence electrons. The molecule has 0 fully saturated rings. The standard InChI is InChI=1S/C14H10.Li.H/c1-3-7-13-11(5-1)9-10-12-6-2-4-8-14(12)13;;/h1-10H;;/q;+1;-1. The Bertz CT molecular complexity index is 550. The molecule has 0 aliphatic rings. The minimum Gasteiger partial charge on any atom is -1.00 e. The monoisotopic (exact) mass is 186 g/mol. The van der Waals surface area contributed by atoms with Gasteiger partial charge in [-0.1, -0.05) is 60.7 Å². The van der Waals surface area contributed by atoms with Crippen molar-refractivity contribution in [2.75, 3.05) is 0 Å². The zero-order valence-corrected chi connectivity index (χ0v) is 8.77. The summed E-state index contributed by atoms with van der Waals surface area (Å²) in [6.07, 6.45) is 0. The molecular formula is C14H11Li. The van der Waals surface area contributed by atoms with Gasteiger partial charge in [-0.15, -0.1) is 0 Å². The quantitative estimate of drug-likeness (QED) is 0.364. The van der Waals surface area contributed by atoms with Crippen molar-refractivity contribution >= 4 is 21.5 Å². The maximum absolute atomic E-state index is 2.18. The number of hydrogen-bond donors (Lipinski definition) is 0. The summed E-state index contributed by atoms with van der Waals surface area (Å²) >= 11 is 0. The Morgan fingerprint density at radius 1 is 0.533 bits per heavy atom. The molecule has 0 radical (unpaired) electrons. The first kappa shape index (κ1) is 10.3. The molecule has 0 spiro atoms. The van der Waals surface area contributed by atoms with Crippen molar-refractivity contribution in [3.05, 3.63) is 60.7 Å². The zero-order chi connectivity index (χ0) is 9.38. The molecule has 0 unspecified atom stereocenters. The van der Waals surface area contributed by atoms with Gasteiger partial charge in [0.1, 0.15) is 0 Å². The minimum absolute atomic E-state index is 0. The molecule has 0 aliphatic carbocycles. The Morgan fingerprint density at radius 3 is 1.40 bits per heavy atom. The smallest absolute Gasteiger partial charge is 1.00 e. The van der Waals surface area contributed by atoms with Crippen molar-refractivity contribution in [3.8, 4) is 0 Å². The van der Waals surface area contributed by atoms with Gasteiger partial charge in [0, 0.05) is 0 Å². The van der Waals surface area contributed by atoms with Crippen LogP contribution in [0, 0.1) is 0 Å². The van der Waals surface area contributed by atoms with Gasteiger partial charge < -0.3 is 1.43 Å². The first-order chi connectivity index (χ1) is 6.95. The van der Waals surface area contributed by atoms with E-state index in [-0.39, 0.29) is 20.3 Å². The van der Waals surface area contributed by atoms with Crippen LogP contribution in [0.5, 0.6) is 0 Å². The molecule has 0 saturated carbocycles. The summed E-state index contributed by atoms with van der Waals surface area (Å²) in [5.74, 6) is 0. The average molecular weight is 186 g/mol. The minimum atomic E-state index is 0. The summed E-state index contributed by atoms with van der Waals surface area (Å²) in [6, 6.07) is 21.4. The van der Waals surface area contributed by atoms with E-state index in [1.807, 2.05) is 0 Å². The normalized spacial score (nSPS) is 10.1. The Morgan fingerprint density at radius 2 is 0.933 bits per heavy atom. The van der Waals surface area contributed by atoms with E-state index in [4.69, 9.17) is 0 Å². The first-order valence-corrected chi connectivity index (χ1v) is 4.82. The van der Waals surface area contributed by atoms with E-state index in [1.54, 1.807) is 0 Å². The Balaban J connectivity index is 0.000000640. The van der Waals surface area contributed by atoms with Crippen LogP contribution in [0.15, 0.2) is 60.7 Å². The fraction of sp³-hybridized carbons (Fsp3) is 0. The largest absolute Gasteiger partial charge is 1.00 e. The van der Waals surface area contributed by atoms with Gasteiger partial charge in [-0.3, -0.25) is 0 Å². The van der Waals surface area contributed by atoms with Crippen LogP contribution in [-0.2, 0) is 0 Å². The topological polar surface area (TPSA) is 0 Å². The fourth-order valence-corrected chi connectivity index (χ4v) is 1.95. The van der Waals surface area contributed by atoms with Crippen LogP contribution in [0.4, 0.5) is 0 Å². The molecule has 0 saturated heterocycles. The van der Waals surface area contributed by atoms with Crippen molar-refractivity contribution in [2.45, 2.75) is 0 Å². The van der Waals surface area contributed by atoms with Gasteiger partial charge in [-0.2, -0.15) is 0 Å². The van der Waals surface area contributed by atoms with E-state index in [0.717, 1.165) is 0 Å². The molecular weight excluding hydrogens is 175 g/mol. The van der Waals surface area contributed by atoms with Crippen LogP contribution in [0.3, 0.4) is 0 Å². The third kappa shape index (κ3) is 1.67. The maximum atomic E-state index is 2.18. The fourth-order valence-electron chi connectivity index (χ4n) is 1.95. The van der Waals surface area contributed by atoms with Gasteiger partial charge in [0.2, 0.25) is 0 Å². The van der Waals surface area contributed by atoms with Gasteiger partial charge >= 0.3 is 18.9 Å². The summed E-state index contributed by atoms with van der Waals surface area (Å²) < 4.78 is 0. The second-order valence-electron chi connectivity index (χ2n) is 3.51. The summed E-state index contributed by atoms with van der Waals surface area (Å²) in [5.41, 5.74) is 0. The van der Waals surface area contributed by atoms with Crippen molar-refractivity contribution < 1.29 is 20.3 Å². The van der Waals surface area contributed by atoms with Crippen molar-refractivity contribution in [2.24, 2.45) is 0 Å². The van der Waals surface area contributed by atoms with Gasteiger partial charge in [-0.05, 0) is 21.5 Å². The van der Waals surface area contributed by atoms with Crippen molar-refractivity contribution in [3.63, 3.8) is 0 Å². The molecule has 0 bridgehead atoms. The van der Waals surface area contributed by atoms with Gasteiger partial charge in [0.15, 0.2) is 0 Å². The van der Waals surface area contributed by atoms with Crippen molar-refractivity contribution in [1.29, 1.82) is 0 Å². The van der Waals surface area contributed by atoms with Crippen LogP contribution in [0.2, 0.25) is 0 Å². The third-order valence-electron chi connectivity index (χ3n) is 2.65. The molecule has 0 atom stereocenters. The molecule has 0 aliphatic heterocycles. The van der Waals surface area contributed by atoms with Gasteiger partial charge in [-0.25, -0.2) is 0 Å². The molecule has 0 N–H and O–H groups in total. The van der Waals surface area contributed by atoms with Crippen LogP contribution < -0.4 is 18.9 Å². The molecule has 0 heterocycles. The van der Waals surface area contributed by atoms with E-state index in [2.05, 4.69) is 60.7 Å². The summed E-state index contributed by atoms with van der Waals surface area (Å²) in [4.78, 5) is 0. The molecule has 15 heavy (non-hydrogen) atoms. The van der Waals surface area contributed by atoms with Crippen LogP contribution in [0.1, 0.15) is 1.43 Å². The molecule has 3 aromatic rings.